The summed E-state index contributed by atoms with van der Waals surface area (Å²) in [5.74, 6) is 1.79. The van der Waals surface area contributed by atoms with Gasteiger partial charge in [-0.1, -0.05) is 94.3 Å². The summed E-state index contributed by atoms with van der Waals surface area (Å²) < 4.78 is 29.1. The van der Waals surface area contributed by atoms with Crippen molar-refractivity contribution < 1.29 is 33.3 Å². The van der Waals surface area contributed by atoms with Crippen molar-refractivity contribution in [3.8, 4) is 5.75 Å². The lowest BCUT2D eigenvalue weighted by atomic mass is 10.1. The molecule has 1 rings (SSSR count). The highest BCUT2D eigenvalue weighted by Gasteiger charge is 2.30. The van der Waals surface area contributed by atoms with E-state index >= 15 is 0 Å². The van der Waals surface area contributed by atoms with Crippen molar-refractivity contribution in [3.05, 3.63) is 42.0 Å². The van der Waals surface area contributed by atoms with Crippen molar-refractivity contribution in [2.24, 2.45) is 11.8 Å². The summed E-state index contributed by atoms with van der Waals surface area (Å²) in [5.41, 5.74) is 0.900. The van der Waals surface area contributed by atoms with E-state index in [9.17, 15) is 9.59 Å². The first kappa shape index (κ1) is 41.5. The van der Waals surface area contributed by atoms with Crippen LogP contribution in [0.5, 0.6) is 5.75 Å². The fraction of sp³-hybridized carbons (Fsp3) is 0.714. The molecule has 1 aromatic carbocycles. The van der Waals surface area contributed by atoms with Gasteiger partial charge in [0.1, 0.15) is 24.7 Å². The molecule has 0 saturated carbocycles. The molecule has 8 nitrogen and oxygen atoms in total. The van der Waals surface area contributed by atoms with E-state index in [1.165, 1.54) is 6.42 Å². The average molecular weight is 670 g/mol. The van der Waals surface area contributed by atoms with Crippen molar-refractivity contribution in [1.29, 1.82) is 0 Å². The molecular weight excluding hydrogens is 611 g/mol. The molecule has 0 aromatic heterocycles. The van der Waals surface area contributed by atoms with Crippen LogP contribution in [-0.4, -0.2) is 80.8 Å². The number of Topliss-reactive ketones (excluding diaryl/α,β-unsaturated/α-hetero) is 1. The van der Waals surface area contributed by atoms with E-state index in [2.05, 4.69) is 53.8 Å². The molecule has 45 heavy (non-hydrogen) atoms. The fourth-order valence-corrected chi connectivity index (χ4v) is 5.96. The molecular formula is C35H59NO7S2. The minimum Gasteiger partial charge on any atom is -0.490 e. The Hall–Kier alpha value is -1.56. The van der Waals surface area contributed by atoms with Crippen LogP contribution in [0.4, 0.5) is 0 Å². The normalized spacial score (nSPS) is 13.5. The molecule has 0 saturated heterocycles. The molecule has 1 amide bonds. The first-order chi connectivity index (χ1) is 21.3. The Morgan fingerprint density at radius 3 is 2.31 bits per heavy atom. The van der Waals surface area contributed by atoms with Crippen LogP contribution in [0.1, 0.15) is 80.2 Å². The van der Waals surface area contributed by atoms with E-state index in [1.54, 1.807) is 21.6 Å². The van der Waals surface area contributed by atoms with Crippen molar-refractivity contribution in [1.82, 2.24) is 5.32 Å². The second-order valence-corrected chi connectivity index (χ2v) is 16.4. The Morgan fingerprint density at radius 2 is 1.62 bits per heavy atom. The first-order valence-corrected chi connectivity index (χ1v) is 18.3. The molecule has 0 aliphatic rings. The van der Waals surface area contributed by atoms with Crippen molar-refractivity contribution in [2.45, 2.75) is 90.8 Å². The maximum atomic E-state index is 12.5. The van der Waals surface area contributed by atoms with Gasteiger partial charge in [-0.25, -0.2) is 0 Å². The van der Waals surface area contributed by atoms with E-state index < -0.39 is 4.93 Å². The highest BCUT2D eigenvalue weighted by molar-refractivity contribution is 8.77. The van der Waals surface area contributed by atoms with Gasteiger partial charge in [-0.3, -0.25) is 9.59 Å². The number of nitrogens with one attached hydrogen (secondary N) is 1. The predicted octanol–water partition coefficient (Wildman–Crippen LogP) is 7.29. The number of ketones is 1. The molecule has 0 fully saturated rings. The van der Waals surface area contributed by atoms with Crippen LogP contribution >= 0.6 is 21.6 Å². The van der Waals surface area contributed by atoms with Gasteiger partial charge in [0, 0.05) is 30.7 Å². The standard InChI is InChI=1S/C35H59NO7S2/c1-28(2)12-10-17-36-33(38)26-41-22-23-43-35(8,45-44-34(5,6)7)27-42-32-15-9-14-30(25-32)24-31(37)16-19-40-21-20-39-18-11-13-29(3)4/h9-10,12,14-15,25,28-29H,11,13,16-24,26-27H2,1-8H3,(H,36,38)/b12-10+/t35-/m1/s1. The SMILES string of the molecule is CC(C)/C=C/CNC(=O)COCCO[C@@](C)(COc1cccc(CC(=O)CCOCCOCCCC(C)C)c1)SSC(C)(C)C. The summed E-state index contributed by atoms with van der Waals surface area (Å²) >= 11 is 0. The number of ether oxygens (including phenoxy) is 5. The molecule has 0 unspecified atom stereocenters. The van der Waals surface area contributed by atoms with Crippen molar-refractivity contribution >= 4 is 33.3 Å². The van der Waals surface area contributed by atoms with Gasteiger partial charge in [0.2, 0.25) is 5.91 Å². The van der Waals surface area contributed by atoms with Crippen LogP contribution in [0.3, 0.4) is 0 Å². The van der Waals surface area contributed by atoms with Gasteiger partial charge in [-0.2, -0.15) is 0 Å². The summed E-state index contributed by atoms with van der Waals surface area (Å²) in [7, 11) is 3.34. The third kappa shape index (κ3) is 24.3. The minimum atomic E-state index is -0.660. The zero-order valence-corrected chi connectivity index (χ0v) is 30.6. The Labute approximate surface area is 280 Å². The number of carbonyl (C=O) groups excluding carboxylic acids is 2. The second kappa shape index (κ2) is 23.7. The highest BCUT2D eigenvalue weighted by Crippen LogP contribution is 2.44. The number of benzene rings is 1. The van der Waals surface area contributed by atoms with Gasteiger partial charge in [-0.05, 0) is 49.3 Å². The lowest BCUT2D eigenvalue weighted by Gasteiger charge is -2.31. The monoisotopic (exact) mass is 669 g/mol. The van der Waals surface area contributed by atoms with Gasteiger partial charge in [-0.15, -0.1) is 0 Å². The third-order valence-corrected chi connectivity index (χ3v) is 10.0. The van der Waals surface area contributed by atoms with E-state index in [1.807, 2.05) is 43.3 Å². The van der Waals surface area contributed by atoms with Crippen LogP contribution in [0.2, 0.25) is 0 Å². The van der Waals surface area contributed by atoms with Crippen molar-refractivity contribution in [2.75, 3.05) is 59.4 Å². The van der Waals surface area contributed by atoms with Gasteiger partial charge >= 0.3 is 0 Å². The molecule has 0 heterocycles. The van der Waals surface area contributed by atoms with Crippen LogP contribution in [0.25, 0.3) is 0 Å². The number of carbonyl (C=O) groups is 2. The second-order valence-electron chi connectivity index (χ2n) is 13.0. The maximum Gasteiger partial charge on any atom is 0.246 e. The van der Waals surface area contributed by atoms with Crippen LogP contribution in [-0.2, 0) is 35.0 Å². The van der Waals surface area contributed by atoms with Gasteiger partial charge in [0.25, 0.3) is 0 Å². The number of hydrogen-bond acceptors (Lipinski definition) is 9. The van der Waals surface area contributed by atoms with Gasteiger partial charge in [0.05, 0.1) is 33.0 Å². The van der Waals surface area contributed by atoms with Crippen LogP contribution < -0.4 is 10.1 Å². The van der Waals surface area contributed by atoms with Crippen LogP contribution in [0, 0.1) is 11.8 Å². The average Bonchev–Trinajstić information content (AvgIpc) is 2.96. The number of amides is 1. The smallest absolute Gasteiger partial charge is 0.246 e. The molecule has 1 N–H and O–H groups in total. The summed E-state index contributed by atoms with van der Waals surface area (Å²) in [6, 6.07) is 7.63. The minimum absolute atomic E-state index is 0.0133. The third-order valence-electron chi connectivity index (χ3n) is 6.04. The van der Waals surface area contributed by atoms with Gasteiger partial charge < -0.3 is 29.0 Å². The summed E-state index contributed by atoms with van der Waals surface area (Å²) in [4.78, 5) is 23.9. The van der Waals surface area contributed by atoms with Crippen LogP contribution in [0.15, 0.2) is 36.4 Å². The molecule has 258 valence electrons. The molecule has 1 atom stereocenters. The lowest BCUT2D eigenvalue weighted by molar-refractivity contribution is -0.126. The molecule has 0 aliphatic heterocycles. The number of rotatable bonds is 26. The Balaban J connectivity index is 2.47. The van der Waals surface area contributed by atoms with E-state index in [-0.39, 0.29) is 29.7 Å². The fourth-order valence-electron chi connectivity index (χ4n) is 3.73. The quantitative estimate of drug-likeness (QED) is 0.0472. The Kier molecular flexibility index (Phi) is 21.8. The summed E-state index contributed by atoms with van der Waals surface area (Å²) in [6.45, 7) is 20.6. The number of hydrogen-bond donors (Lipinski definition) is 1. The zero-order valence-electron chi connectivity index (χ0n) is 29.0. The lowest BCUT2D eigenvalue weighted by Crippen LogP contribution is -2.34. The molecule has 0 radical (unpaired) electrons. The molecule has 0 bridgehead atoms. The van der Waals surface area contributed by atoms with E-state index in [0.717, 1.165) is 18.6 Å². The zero-order chi connectivity index (χ0) is 33.6. The Bertz CT molecular complexity index is 981. The summed E-state index contributed by atoms with van der Waals surface area (Å²) in [5, 5.41) is 2.81. The molecule has 1 aromatic rings. The highest BCUT2D eigenvalue weighted by atomic mass is 33.1. The van der Waals surface area contributed by atoms with E-state index in [4.69, 9.17) is 23.7 Å². The largest absolute Gasteiger partial charge is 0.490 e. The topological polar surface area (TPSA) is 92.3 Å². The molecule has 10 heteroatoms. The first-order valence-electron chi connectivity index (χ1n) is 16.2. The predicted molar refractivity (Wildman–Crippen MR) is 188 cm³/mol. The van der Waals surface area contributed by atoms with Crippen molar-refractivity contribution in [3.63, 3.8) is 0 Å². The van der Waals surface area contributed by atoms with E-state index in [0.29, 0.717) is 70.0 Å². The summed E-state index contributed by atoms with van der Waals surface area (Å²) in [6.07, 6.45) is 6.91. The molecule has 0 spiro atoms. The number of allylic oxidation sites excluding steroid dienone is 1. The Morgan fingerprint density at radius 1 is 0.911 bits per heavy atom. The maximum absolute atomic E-state index is 12.5. The van der Waals surface area contributed by atoms with Gasteiger partial charge in [0.15, 0.2) is 4.93 Å². The molecule has 0 aliphatic carbocycles.